The number of imidazole rings is 1. The molecule has 2 aliphatic rings. The number of halogens is 1. The van der Waals surface area contributed by atoms with Crippen LogP contribution in [-0.4, -0.2) is 92.2 Å². The minimum absolute atomic E-state index is 0.0445. The van der Waals surface area contributed by atoms with E-state index in [0.717, 1.165) is 41.9 Å². The van der Waals surface area contributed by atoms with Crippen LogP contribution in [0.3, 0.4) is 0 Å². The third-order valence-electron chi connectivity index (χ3n) is 9.33. The van der Waals surface area contributed by atoms with E-state index in [-0.39, 0.29) is 47.3 Å². The number of hydrogen-bond acceptors (Lipinski definition) is 11. The summed E-state index contributed by atoms with van der Waals surface area (Å²) in [5.74, 6) is 1.30. The van der Waals surface area contributed by atoms with Gasteiger partial charge in [0.1, 0.15) is 18.0 Å². The minimum Gasteiger partial charge on any atom is -0.506 e. The maximum absolute atomic E-state index is 13.2. The predicted octanol–water partition coefficient (Wildman–Crippen LogP) is 2.05. The first-order valence-electron chi connectivity index (χ1n) is 16.9. The number of fused-ring (bicyclic) bond motifs is 1. The standard InChI is InChI=1S/C34H43ClN10O5/c1-3-44-26-16-23(50-20-29(47)43-12-10-42(11-13-43)19-24-27(46)7-4-21(2)39-24)5-6-25(26)45(18-22-8-14-49-15-9-22)28(44)17-38-34(48)30-32(36)41-33(37)31(35)40-30/h4-7,16,22H,3,8-15,17-20H2,1-2H3,(H5-,36,37,38,41,46,48)/p+1. The average molecular weight is 708 g/mol. The largest absolute Gasteiger partial charge is 0.506 e. The quantitative estimate of drug-likeness (QED) is 0.167. The number of nitrogens with two attached hydrogens (primary N) is 2. The van der Waals surface area contributed by atoms with Crippen LogP contribution in [0.15, 0.2) is 30.3 Å². The summed E-state index contributed by atoms with van der Waals surface area (Å²) in [6.07, 6.45) is 1.88. The second-order valence-electron chi connectivity index (χ2n) is 12.7. The lowest BCUT2D eigenvalue weighted by Gasteiger charge is -2.34. The van der Waals surface area contributed by atoms with E-state index in [1.54, 1.807) is 17.0 Å². The number of hydrogen-bond donors (Lipinski definition) is 4. The molecule has 1 aromatic carbocycles. The Morgan fingerprint density at radius 2 is 1.84 bits per heavy atom. The molecule has 2 fully saturated rings. The highest BCUT2D eigenvalue weighted by molar-refractivity contribution is 6.31. The molecule has 0 atom stereocenters. The van der Waals surface area contributed by atoms with E-state index in [9.17, 15) is 14.7 Å². The van der Waals surface area contributed by atoms with Gasteiger partial charge in [-0.15, -0.1) is 0 Å². The fourth-order valence-corrected chi connectivity index (χ4v) is 6.70. The van der Waals surface area contributed by atoms with Gasteiger partial charge in [0.15, 0.2) is 40.1 Å². The van der Waals surface area contributed by atoms with Crippen LogP contribution in [0, 0.1) is 12.8 Å². The highest BCUT2D eigenvalue weighted by atomic mass is 35.5. The van der Waals surface area contributed by atoms with Crippen LogP contribution in [0.2, 0.25) is 5.15 Å². The normalized spacial score (nSPS) is 15.8. The molecule has 0 radical (unpaired) electrons. The van der Waals surface area contributed by atoms with Gasteiger partial charge in [-0.05, 0) is 51.0 Å². The molecule has 50 heavy (non-hydrogen) atoms. The molecule has 2 aliphatic heterocycles. The highest BCUT2D eigenvalue weighted by Crippen LogP contribution is 2.25. The molecule has 0 saturated carbocycles. The summed E-state index contributed by atoms with van der Waals surface area (Å²) in [5.41, 5.74) is 14.9. The van der Waals surface area contributed by atoms with Crippen molar-refractivity contribution in [2.45, 2.75) is 52.9 Å². The van der Waals surface area contributed by atoms with Crippen LogP contribution in [0.4, 0.5) is 11.6 Å². The number of piperazine rings is 1. The first kappa shape index (κ1) is 35.1. The van der Waals surface area contributed by atoms with Crippen molar-refractivity contribution in [2.24, 2.45) is 5.92 Å². The van der Waals surface area contributed by atoms with Crippen molar-refractivity contribution in [3.63, 3.8) is 0 Å². The van der Waals surface area contributed by atoms with Crippen molar-refractivity contribution < 1.29 is 28.7 Å². The number of nitrogen functional groups attached to an aromatic ring is 2. The number of carbonyl (C=O) groups excluding carboxylic acids is 2. The molecule has 4 aromatic rings. The smallest absolute Gasteiger partial charge is 0.277 e. The van der Waals surface area contributed by atoms with Crippen molar-refractivity contribution in [3.8, 4) is 11.5 Å². The number of pyridine rings is 1. The Labute approximate surface area is 295 Å². The van der Waals surface area contributed by atoms with Crippen molar-refractivity contribution in [1.82, 2.24) is 34.6 Å². The number of nitrogens with one attached hydrogen (secondary N) is 1. The van der Waals surface area contributed by atoms with Crippen molar-refractivity contribution in [1.29, 1.82) is 0 Å². The lowest BCUT2D eigenvalue weighted by Crippen LogP contribution is -2.49. The van der Waals surface area contributed by atoms with Gasteiger partial charge < -0.3 is 36.3 Å². The maximum Gasteiger partial charge on any atom is 0.277 e. The number of amides is 2. The molecular weight excluding hydrogens is 664 g/mol. The molecule has 266 valence electrons. The summed E-state index contributed by atoms with van der Waals surface area (Å²) < 4.78 is 16.0. The number of carbonyl (C=O) groups is 2. The summed E-state index contributed by atoms with van der Waals surface area (Å²) in [4.78, 5) is 42.8. The average Bonchev–Trinajstić information content (AvgIpc) is 3.41. The van der Waals surface area contributed by atoms with E-state index in [0.29, 0.717) is 69.8 Å². The third-order valence-corrected chi connectivity index (χ3v) is 9.60. The zero-order valence-corrected chi connectivity index (χ0v) is 29.2. The van der Waals surface area contributed by atoms with Gasteiger partial charge >= 0.3 is 0 Å². The molecule has 2 amide bonds. The summed E-state index contributed by atoms with van der Waals surface area (Å²) in [7, 11) is 0. The molecule has 0 spiro atoms. The van der Waals surface area contributed by atoms with E-state index in [2.05, 4.69) is 34.3 Å². The zero-order chi connectivity index (χ0) is 35.4. The fraction of sp³-hybridized carbons (Fsp3) is 0.471. The van der Waals surface area contributed by atoms with Crippen LogP contribution in [-0.2, 0) is 35.7 Å². The number of benzene rings is 1. The molecule has 5 heterocycles. The van der Waals surface area contributed by atoms with E-state index < -0.39 is 5.91 Å². The fourth-order valence-electron chi connectivity index (χ4n) is 6.57. The first-order chi connectivity index (χ1) is 24.1. The van der Waals surface area contributed by atoms with Crippen LogP contribution >= 0.6 is 11.6 Å². The molecular formula is C34H44ClN10O5+. The Hall–Kier alpha value is -4.73. The summed E-state index contributed by atoms with van der Waals surface area (Å²) in [5, 5.41) is 13.0. The number of aromatic nitrogens is 5. The zero-order valence-electron chi connectivity index (χ0n) is 28.4. The van der Waals surface area contributed by atoms with Crippen molar-refractivity contribution >= 4 is 46.1 Å². The Morgan fingerprint density at radius 1 is 1.08 bits per heavy atom. The minimum atomic E-state index is -0.518. The summed E-state index contributed by atoms with van der Waals surface area (Å²) in [6, 6.07) is 9.28. The van der Waals surface area contributed by atoms with Crippen LogP contribution in [0.1, 0.15) is 47.5 Å². The molecule has 6 rings (SSSR count). The van der Waals surface area contributed by atoms with Crippen molar-refractivity contribution in [2.75, 3.05) is 57.5 Å². The number of rotatable bonds is 11. The summed E-state index contributed by atoms with van der Waals surface area (Å²) in [6.45, 7) is 9.85. The van der Waals surface area contributed by atoms with E-state index in [4.69, 9.17) is 32.5 Å². The third kappa shape index (κ3) is 7.85. The van der Waals surface area contributed by atoms with Crippen LogP contribution < -0.4 is 26.1 Å². The molecule has 0 bridgehead atoms. The van der Waals surface area contributed by atoms with Gasteiger partial charge in [-0.3, -0.25) is 19.5 Å². The molecule has 15 nitrogen and oxygen atoms in total. The number of ether oxygens (including phenoxy) is 2. The van der Waals surface area contributed by atoms with E-state index in [1.165, 1.54) is 0 Å². The van der Waals surface area contributed by atoms with E-state index >= 15 is 0 Å². The van der Waals surface area contributed by atoms with E-state index in [1.807, 2.05) is 32.0 Å². The van der Waals surface area contributed by atoms with Gasteiger partial charge in [0, 0.05) is 63.6 Å². The monoisotopic (exact) mass is 707 g/mol. The molecule has 0 unspecified atom stereocenters. The highest BCUT2D eigenvalue weighted by Gasteiger charge is 2.29. The number of aryl methyl sites for hydroxylation is 2. The molecule has 2 saturated heterocycles. The van der Waals surface area contributed by atoms with Crippen LogP contribution in [0.5, 0.6) is 11.5 Å². The molecule has 0 aliphatic carbocycles. The van der Waals surface area contributed by atoms with Gasteiger partial charge in [-0.1, -0.05) is 11.6 Å². The van der Waals surface area contributed by atoms with Crippen LogP contribution in [0.25, 0.3) is 11.0 Å². The van der Waals surface area contributed by atoms with Gasteiger partial charge in [-0.25, -0.2) is 19.1 Å². The number of anilines is 2. The lowest BCUT2D eigenvalue weighted by molar-refractivity contribution is -0.687. The lowest BCUT2D eigenvalue weighted by atomic mass is 10.0. The Balaban J connectivity index is 1.15. The first-order valence-corrected chi connectivity index (χ1v) is 17.3. The Kier molecular flexibility index (Phi) is 10.8. The maximum atomic E-state index is 13.2. The summed E-state index contributed by atoms with van der Waals surface area (Å²) >= 11 is 6.03. The SMILES string of the molecule is CCn1c(CNC(=O)c2nc(Cl)c(N)nc2N)[n+](CC2CCOCC2)c2ccc(OCC(=O)N3CCN(Cc4nc(C)ccc4O)CC3)cc21. The second-order valence-corrected chi connectivity index (χ2v) is 13.0. The van der Waals surface area contributed by atoms with Gasteiger partial charge in [0.2, 0.25) is 0 Å². The van der Waals surface area contributed by atoms with Crippen molar-refractivity contribution in [3.05, 3.63) is 58.4 Å². The topological polar surface area (TPSA) is 191 Å². The van der Waals surface area contributed by atoms with Gasteiger partial charge in [0.25, 0.3) is 17.6 Å². The molecule has 16 heteroatoms. The van der Waals surface area contributed by atoms with Gasteiger partial charge in [0.05, 0.1) is 18.8 Å². The predicted molar refractivity (Wildman–Crippen MR) is 186 cm³/mol. The number of nitrogens with zero attached hydrogens (tertiary/aromatic N) is 7. The molecule has 3 aromatic heterocycles. The Morgan fingerprint density at radius 3 is 2.58 bits per heavy atom. The Bertz CT molecular complexity index is 1870. The number of aromatic hydroxyl groups is 1. The second kappa shape index (κ2) is 15.4. The van der Waals surface area contributed by atoms with Gasteiger partial charge in [-0.2, -0.15) is 0 Å². The molecule has 6 N–H and O–H groups in total.